The van der Waals surface area contributed by atoms with Crippen molar-refractivity contribution in [3.63, 3.8) is 0 Å². The first-order valence-electron chi connectivity index (χ1n) is 5.25. The molecular weight excluding hydrogens is 243 g/mol. The van der Waals surface area contributed by atoms with Gasteiger partial charge in [-0.05, 0) is 29.6 Å². The zero-order chi connectivity index (χ0) is 13.6. The molecule has 0 bridgehead atoms. The number of fused-ring (bicyclic) bond motifs is 1. The molecule has 0 amide bonds. The lowest BCUT2D eigenvalue weighted by molar-refractivity contribution is -0.287. The number of hydrogen-bond acceptors (Lipinski definition) is 4. The van der Waals surface area contributed by atoms with E-state index in [4.69, 9.17) is 18.3 Å². The zero-order valence-electron chi connectivity index (χ0n) is 10.00. The van der Waals surface area contributed by atoms with Gasteiger partial charge in [0, 0.05) is 0 Å². The molecular formula is C11H12BF2NO3. The van der Waals surface area contributed by atoms with E-state index in [2.05, 4.69) is 9.47 Å². The van der Waals surface area contributed by atoms with Gasteiger partial charge in [-0.2, -0.15) is 0 Å². The number of rotatable bonds is 3. The van der Waals surface area contributed by atoms with Crippen LogP contribution in [0, 0.1) is 0 Å². The molecule has 1 aliphatic rings. The molecule has 1 aromatic carbocycles. The fourth-order valence-electron chi connectivity index (χ4n) is 1.77. The Bertz CT molecular complexity index is 474. The van der Waals surface area contributed by atoms with Gasteiger partial charge in [-0.1, -0.05) is 6.92 Å². The minimum Gasteiger partial charge on any atom is -0.493 e. The minimum absolute atomic E-state index is 0.0846. The summed E-state index contributed by atoms with van der Waals surface area (Å²) in [5.41, 5.74) is 5.34. The molecule has 1 aromatic rings. The van der Waals surface area contributed by atoms with E-state index in [9.17, 15) is 8.78 Å². The van der Waals surface area contributed by atoms with E-state index in [1.807, 2.05) is 0 Å². The molecule has 96 valence electrons. The summed E-state index contributed by atoms with van der Waals surface area (Å²) in [4.78, 5) is 0. The highest BCUT2D eigenvalue weighted by Gasteiger charge is 2.45. The van der Waals surface area contributed by atoms with Crippen molar-refractivity contribution < 1.29 is 23.0 Å². The van der Waals surface area contributed by atoms with Crippen LogP contribution in [0.3, 0.4) is 0 Å². The lowest BCUT2D eigenvalue weighted by Crippen LogP contribution is -2.38. The van der Waals surface area contributed by atoms with Crippen LogP contribution in [0.4, 0.5) is 8.78 Å². The average molecular weight is 255 g/mol. The zero-order valence-corrected chi connectivity index (χ0v) is 10.00. The maximum atomic E-state index is 13.0. The van der Waals surface area contributed by atoms with Crippen LogP contribution in [0.2, 0.25) is 0 Å². The molecule has 2 rings (SSSR count). The quantitative estimate of drug-likeness (QED) is 0.829. The third-order valence-electron chi connectivity index (χ3n) is 2.34. The molecule has 1 heterocycles. The second-order valence-corrected chi connectivity index (χ2v) is 4.48. The summed E-state index contributed by atoms with van der Waals surface area (Å²) in [5, 5.41) is 0. The summed E-state index contributed by atoms with van der Waals surface area (Å²) in [6.45, 7) is 1.62. The Morgan fingerprint density at radius 3 is 2.67 bits per heavy atom. The molecule has 0 saturated heterocycles. The topological polar surface area (TPSA) is 53.7 Å². The summed E-state index contributed by atoms with van der Waals surface area (Å²) < 4.78 is 39.7. The SMILES string of the molecule is [B]C(C)(N)Cc1cc(OC)c2c(c1)OC(F)(F)O2. The standard InChI is InChI=1S/C11H12BF2NO3/c1-10(12,15)5-6-3-7(16-2)9-8(4-6)17-11(13,14)18-9/h3-4H,5,15H2,1-2H3. The largest absolute Gasteiger partial charge is 0.586 e. The Hall–Kier alpha value is -1.50. The van der Waals surface area contributed by atoms with Crippen molar-refractivity contribution in [2.24, 2.45) is 5.73 Å². The highest BCUT2D eigenvalue weighted by molar-refractivity contribution is 6.14. The fourth-order valence-corrected chi connectivity index (χ4v) is 1.77. The fraction of sp³-hybridized carbons (Fsp3) is 0.455. The summed E-state index contributed by atoms with van der Waals surface area (Å²) >= 11 is 0. The van der Waals surface area contributed by atoms with Crippen LogP contribution in [0.1, 0.15) is 12.5 Å². The smallest absolute Gasteiger partial charge is 0.493 e. The molecule has 0 aromatic heterocycles. The van der Waals surface area contributed by atoms with E-state index in [1.54, 1.807) is 13.0 Å². The van der Waals surface area contributed by atoms with Gasteiger partial charge in [0.2, 0.25) is 5.75 Å². The van der Waals surface area contributed by atoms with Gasteiger partial charge in [0.1, 0.15) is 0 Å². The molecule has 0 saturated carbocycles. The van der Waals surface area contributed by atoms with Crippen molar-refractivity contribution in [2.75, 3.05) is 7.11 Å². The maximum Gasteiger partial charge on any atom is 0.586 e. The number of hydrogen-bond donors (Lipinski definition) is 1. The molecule has 1 unspecified atom stereocenters. The highest BCUT2D eigenvalue weighted by atomic mass is 19.3. The van der Waals surface area contributed by atoms with Crippen LogP contribution in [0.5, 0.6) is 17.2 Å². The van der Waals surface area contributed by atoms with Crippen LogP contribution < -0.4 is 19.9 Å². The number of alkyl halides is 2. The van der Waals surface area contributed by atoms with Gasteiger partial charge in [0.05, 0.1) is 15.0 Å². The monoisotopic (exact) mass is 255 g/mol. The Labute approximate surface area is 104 Å². The lowest BCUT2D eigenvalue weighted by Gasteiger charge is -2.19. The maximum absolute atomic E-state index is 13.0. The number of nitrogens with two attached hydrogens (primary N) is 1. The first-order chi connectivity index (χ1) is 8.20. The third kappa shape index (κ3) is 2.67. The van der Waals surface area contributed by atoms with Gasteiger partial charge in [-0.25, -0.2) is 0 Å². The lowest BCUT2D eigenvalue weighted by atomic mass is 9.76. The molecule has 2 N–H and O–H groups in total. The number of methoxy groups -OCH3 is 1. The summed E-state index contributed by atoms with van der Waals surface area (Å²) in [7, 11) is 7.02. The Morgan fingerprint density at radius 2 is 2.11 bits per heavy atom. The van der Waals surface area contributed by atoms with E-state index < -0.39 is 11.7 Å². The highest BCUT2D eigenvalue weighted by Crippen LogP contribution is 2.47. The van der Waals surface area contributed by atoms with Gasteiger partial charge in [0.25, 0.3) is 0 Å². The van der Waals surface area contributed by atoms with Gasteiger partial charge >= 0.3 is 6.29 Å². The Morgan fingerprint density at radius 1 is 1.44 bits per heavy atom. The van der Waals surface area contributed by atoms with Gasteiger partial charge in [-0.15, -0.1) is 8.78 Å². The van der Waals surface area contributed by atoms with E-state index in [0.717, 1.165) is 0 Å². The molecule has 18 heavy (non-hydrogen) atoms. The van der Waals surface area contributed by atoms with E-state index in [1.165, 1.54) is 13.2 Å². The van der Waals surface area contributed by atoms with Crippen molar-refractivity contribution in [2.45, 2.75) is 25.1 Å². The van der Waals surface area contributed by atoms with Crippen LogP contribution in [-0.4, -0.2) is 26.7 Å². The van der Waals surface area contributed by atoms with Crippen LogP contribution in [-0.2, 0) is 6.42 Å². The Kier molecular flexibility index (Phi) is 2.89. The molecule has 7 heteroatoms. The van der Waals surface area contributed by atoms with Crippen molar-refractivity contribution in [1.29, 1.82) is 0 Å². The Balaban J connectivity index is 2.38. The third-order valence-corrected chi connectivity index (χ3v) is 2.34. The molecule has 1 atom stereocenters. The molecule has 1 aliphatic heterocycles. The predicted molar refractivity (Wildman–Crippen MR) is 61.2 cm³/mol. The normalized spacial score (nSPS) is 19.4. The van der Waals surface area contributed by atoms with E-state index >= 15 is 0 Å². The number of ether oxygens (including phenoxy) is 3. The van der Waals surface area contributed by atoms with Crippen LogP contribution in [0.15, 0.2) is 12.1 Å². The molecule has 0 spiro atoms. The summed E-state index contributed by atoms with van der Waals surface area (Å²) in [6.07, 6.45) is -3.39. The average Bonchev–Trinajstić information content (AvgIpc) is 2.48. The summed E-state index contributed by atoms with van der Waals surface area (Å²) in [5.74, 6) is -0.0514. The molecule has 0 fully saturated rings. The van der Waals surface area contributed by atoms with E-state index in [0.29, 0.717) is 5.56 Å². The van der Waals surface area contributed by atoms with Gasteiger partial charge in [0.15, 0.2) is 11.5 Å². The van der Waals surface area contributed by atoms with Crippen LogP contribution >= 0.6 is 0 Å². The molecule has 2 radical (unpaired) electrons. The van der Waals surface area contributed by atoms with Crippen molar-refractivity contribution in [3.8, 4) is 17.2 Å². The van der Waals surface area contributed by atoms with Crippen molar-refractivity contribution >= 4 is 7.85 Å². The van der Waals surface area contributed by atoms with Crippen molar-refractivity contribution in [1.82, 2.24) is 0 Å². The minimum atomic E-state index is -3.68. The van der Waals surface area contributed by atoms with E-state index in [-0.39, 0.29) is 23.7 Å². The van der Waals surface area contributed by atoms with Gasteiger partial charge in [-0.3, -0.25) is 0 Å². The number of benzene rings is 1. The second-order valence-electron chi connectivity index (χ2n) is 4.48. The predicted octanol–water partition coefficient (Wildman–Crippen LogP) is 1.40. The second kappa shape index (κ2) is 4.01. The number of halogens is 2. The van der Waals surface area contributed by atoms with Crippen LogP contribution in [0.25, 0.3) is 0 Å². The van der Waals surface area contributed by atoms with Gasteiger partial charge < -0.3 is 19.9 Å². The van der Waals surface area contributed by atoms with Crippen molar-refractivity contribution in [3.05, 3.63) is 17.7 Å². The summed E-state index contributed by atoms with van der Waals surface area (Å²) in [6, 6.07) is 2.96. The first-order valence-corrected chi connectivity index (χ1v) is 5.25. The molecule has 4 nitrogen and oxygen atoms in total. The molecule has 0 aliphatic carbocycles. The first kappa shape index (κ1) is 12.9.